The SMILES string of the molecule is C=C.FC(F)=CC(F)(Cl)Cl. The number of halogens is 5. The van der Waals surface area contributed by atoms with Gasteiger partial charge in [-0.25, -0.2) is 4.39 Å². The summed E-state index contributed by atoms with van der Waals surface area (Å²) in [5, 5.41) is 0. The molecule has 0 bridgehead atoms. The van der Waals surface area contributed by atoms with Crippen LogP contribution in [0.3, 0.4) is 0 Å². The second kappa shape index (κ2) is 5.62. The Balaban J connectivity index is 0. The van der Waals surface area contributed by atoms with Crippen molar-refractivity contribution in [1.82, 2.24) is 0 Å². The second-order valence-corrected chi connectivity index (χ2v) is 2.27. The zero-order valence-corrected chi connectivity index (χ0v) is 6.39. The van der Waals surface area contributed by atoms with E-state index in [1.807, 2.05) is 0 Å². The Morgan fingerprint density at radius 2 is 1.60 bits per heavy atom. The van der Waals surface area contributed by atoms with Crippen molar-refractivity contribution in [2.24, 2.45) is 0 Å². The molecule has 0 saturated heterocycles. The Labute approximate surface area is 66.9 Å². The Morgan fingerprint density at radius 1 is 1.30 bits per heavy atom. The standard InChI is InChI=1S/C3HCl2F3.C2H4/c4-3(5,8)1-2(6)7;1-2/h1H;1-2H2. The fourth-order valence-electron chi connectivity index (χ4n) is 0.124. The summed E-state index contributed by atoms with van der Waals surface area (Å²) in [6, 6.07) is 0. The minimum atomic E-state index is -2.95. The number of rotatable bonds is 1. The third kappa shape index (κ3) is 15.7. The first-order valence-electron chi connectivity index (χ1n) is 2.02. The molecule has 0 rings (SSSR count). The monoisotopic (exact) mass is 192 g/mol. The lowest BCUT2D eigenvalue weighted by molar-refractivity contribution is 0.389. The summed E-state index contributed by atoms with van der Waals surface area (Å²) < 4.78 is 30.6. The predicted molar refractivity (Wildman–Crippen MR) is 37.1 cm³/mol. The molecule has 0 aromatic carbocycles. The molecule has 5 heteroatoms. The maximum Gasteiger partial charge on any atom is 0.281 e. The van der Waals surface area contributed by atoms with Gasteiger partial charge in [-0.2, -0.15) is 8.78 Å². The van der Waals surface area contributed by atoms with Gasteiger partial charge in [0.05, 0.1) is 0 Å². The van der Waals surface area contributed by atoms with Crippen LogP contribution in [-0.4, -0.2) is 4.59 Å². The number of hydrogen-bond acceptors (Lipinski definition) is 0. The van der Waals surface area contributed by atoms with Crippen molar-refractivity contribution in [2.45, 2.75) is 4.59 Å². The van der Waals surface area contributed by atoms with Crippen molar-refractivity contribution in [3.05, 3.63) is 25.3 Å². The van der Waals surface area contributed by atoms with E-state index in [4.69, 9.17) is 0 Å². The van der Waals surface area contributed by atoms with Gasteiger partial charge in [0.25, 0.3) is 10.7 Å². The van der Waals surface area contributed by atoms with Crippen LogP contribution >= 0.6 is 23.2 Å². The van der Waals surface area contributed by atoms with Gasteiger partial charge < -0.3 is 0 Å². The highest BCUT2D eigenvalue weighted by atomic mass is 35.5. The minimum Gasteiger partial charge on any atom is -0.203 e. The molecular weight excluding hydrogens is 188 g/mol. The molecule has 0 atom stereocenters. The van der Waals surface area contributed by atoms with Gasteiger partial charge in [-0.15, -0.1) is 13.2 Å². The summed E-state index contributed by atoms with van der Waals surface area (Å²) in [7, 11) is 0. The molecule has 0 spiro atoms. The highest BCUT2D eigenvalue weighted by Crippen LogP contribution is 2.25. The van der Waals surface area contributed by atoms with E-state index in [-0.39, 0.29) is 6.08 Å². The second-order valence-electron chi connectivity index (χ2n) is 0.976. The van der Waals surface area contributed by atoms with Gasteiger partial charge in [-0.3, -0.25) is 0 Å². The van der Waals surface area contributed by atoms with E-state index in [9.17, 15) is 13.2 Å². The summed E-state index contributed by atoms with van der Waals surface area (Å²) in [6.45, 7) is 6.00. The molecule has 0 fully saturated rings. The third-order valence-electron chi connectivity index (χ3n) is 0.273. The van der Waals surface area contributed by atoms with E-state index in [0.717, 1.165) is 0 Å². The molecule has 0 aliphatic rings. The average Bonchev–Trinajstić information content (AvgIpc) is 1.64. The zero-order valence-electron chi connectivity index (χ0n) is 4.88. The third-order valence-corrected chi connectivity index (χ3v) is 0.491. The van der Waals surface area contributed by atoms with Crippen molar-refractivity contribution >= 4 is 23.2 Å². The number of alkyl halides is 3. The molecular formula is C5H5Cl2F3. The van der Waals surface area contributed by atoms with Crippen LogP contribution in [0.2, 0.25) is 0 Å². The molecule has 0 radical (unpaired) electrons. The summed E-state index contributed by atoms with van der Waals surface area (Å²) in [5.41, 5.74) is 0. The van der Waals surface area contributed by atoms with Gasteiger partial charge >= 0.3 is 0 Å². The molecule has 0 N–H and O–H groups in total. The molecule has 0 aromatic heterocycles. The molecule has 0 nitrogen and oxygen atoms in total. The Kier molecular flexibility index (Phi) is 7.04. The molecule has 0 heterocycles. The van der Waals surface area contributed by atoms with Crippen molar-refractivity contribution in [2.75, 3.05) is 0 Å². The summed E-state index contributed by atoms with van der Waals surface area (Å²) in [4.78, 5) is 0. The van der Waals surface area contributed by atoms with Gasteiger partial charge in [0, 0.05) is 6.08 Å². The Hall–Kier alpha value is -0.150. The highest BCUT2D eigenvalue weighted by molar-refractivity contribution is 6.48. The minimum absolute atomic E-state index is 0.198. The molecule has 60 valence electrons. The van der Waals surface area contributed by atoms with Crippen LogP contribution in [0.25, 0.3) is 0 Å². The fraction of sp³-hybridized carbons (Fsp3) is 0.200. The largest absolute Gasteiger partial charge is 0.281 e. The Morgan fingerprint density at radius 3 is 1.60 bits per heavy atom. The van der Waals surface area contributed by atoms with Gasteiger partial charge in [-0.05, 0) is 0 Å². The number of allylic oxidation sites excluding steroid dienone is 1. The first-order chi connectivity index (χ1) is 4.42. The van der Waals surface area contributed by atoms with Crippen molar-refractivity contribution in [1.29, 1.82) is 0 Å². The zero-order chi connectivity index (χ0) is 8.78. The average molecular weight is 193 g/mol. The van der Waals surface area contributed by atoms with Gasteiger partial charge in [0.15, 0.2) is 0 Å². The van der Waals surface area contributed by atoms with Crippen LogP contribution in [0.5, 0.6) is 0 Å². The van der Waals surface area contributed by atoms with Crippen molar-refractivity contribution in [3.8, 4) is 0 Å². The lowest BCUT2D eigenvalue weighted by atomic mass is 10.7. The van der Waals surface area contributed by atoms with Crippen LogP contribution in [0, 0.1) is 0 Å². The van der Waals surface area contributed by atoms with Gasteiger partial charge in [0.1, 0.15) is 0 Å². The van der Waals surface area contributed by atoms with Crippen LogP contribution in [0.4, 0.5) is 13.2 Å². The fourth-order valence-corrected chi connectivity index (χ4v) is 0.289. The van der Waals surface area contributed by atoms with E-state index in [2.05, 4.69) is 36.4 Å². The summed E-state index contributed by atoms with van der Waals surface area (Å²) in [6.07, 6.45) is -2.44. The normalized spacial score (nSPS) is 9.30. The quantitative estimate of drug-likeness (QED) is 0.440. The van der Waals surface area contributed by atoms with E-state index in [1.54, 1.807) is 0 Å². The highest BCUT2D eigenvalue weighted by Gasteiger charge is 2.19. The summed E-state index contributed by atoms with van der Waals surface area (Å²) in [5.74, 6) is 0. The first-order valence-corrected chi connectivity index (χ1v) is 2.78. The molecule has 0 saturated carbocycles. The lowest BCUT2D eigenvalue weighted by Crippen LogP contribution is -1.96. The smallest absolute Gasteiger partial charge is 0.203 e. The lowest BCUT2D eigenvalue weighted by Gasteiger charge is -1.97. The van der Waals surface area contributed by atoms with Crippen LogP contribution in [0.1, 0.15) is 0 Å². The van der Waals surface area contributed by atoms with E-state index < -0.39 is 10.7 Å². The van der Waals surface area contributed by atoms with Crippen LogP contribution < -0.4 is 0 Å². The van der Waals surface area contributed by atoms with Crippen LogP contribution in [0.15, 0.2) is 25.3 Å². The van der Waals surface area contributed by atoms with E-state index in [1.165, 1.54) is 0 Å². The maximum atomic E-state index is 11.6. The molecule has 0 amide bonds. The van der Waals surface area contributed by atoms with E-state index in [0.29, 0.717) is 0 Å². The molecule has 10 heavy (non-hydrogen) atoms. The van der Waals surface area contributed by atoms with E-state index >= 15 is 0 Å². The van der Waals surface area contributed by atoms with Gasteiger partial charge in [0.2, 0.25) is 0 Å². The topological polar surface area (TPSA) is 0 Å². The van der Waals surface area contributed by atoms with Crippen LogP contribution in [-0.2, 0) is 0 Å². The van der Waals surface area contributed by atoms with Gasteiger partial charge in [-0.1, -0.05) is 23.2 Å². The predicted octanol–water partition coefficient (Wildman–Crippen LogP) is 3.67. The number of hydrogen-bond donors (Lipinski definition) is 0. The molecule has 0 aliphatic heterocycles. The summed E-state index contributed by atoms with van der Waals surface area (Å²) >= 11 is 8.94. The molecule has 0 aromatic rings. The first kappa shape index (κ1) is 12.5. The Bertz CT molecular complexity index is 113. The molecule has 0 aliphatic carbocycles. The molecule has 0 unspecified atom stereocenters. The van der Waals surface area contributed by atoms with Crippen molar-refractivity contribution in [3.63, 3.8) is 0 Å². The van der Waals surface area contributed by atoms with Crippen molar-refractivity contribution < 1.29 is 13.2 Å². The maximum absolute atomic E-state index is 11.6.